The lowest BCUT2D eigenvalue weighted by Crippen LogP contribution is -2.31. The molecule has 1 aromatic heterocycles. The monoisotopic (exact) mass is 196 g/mol. The molecule has 72 valence electrons. The van der Waals surface area contributed by atoms with Crippen LogP contribution in [0.2, 0.25) is 0 Å². The van der Waals surface area contributed by atoms with Crippen molar-refractivity contribution in [1.82, 2.24) is 4.90 Å². The Morgan fingerprint density at radius 3 is 2.92 bits per heavy atom. The maximum atomic E-state index is 5.80. The molecule has 1 unspecified atom stereocenters. The molecule has 1 atom stereocenters. The van der Waals surface area contributed by atoms with Crippen LogP contribution in [0.25, 0.3) is 0 Å². The topological polar surface area (TPSA) is 29.3 Å². The average molecular weight is 196 g/mol. The smallest absolute Gasteiger partial charge is 0.0564 e. The van der Waals surface area contributed by atoms with Gasteiger partial charge in [0.1, 0.15) is 0 Å². The number of hydrogen-bond acceptors (Lipinski definition) is 3. The molecule has 0 radical (unpaired) electrons. The van der Waals surface area contributed by atoms with Crippen LogP contribution in [0.4, 0.5) is 0 Å². The van der Waals surface area contributed by atoms with Gasteiger partial charge in [0.05, 0.1) is 6.04 Å². The fraction of sp³-hybridized carbons (Fsp3) is 0.600. The third kappa shape index (κ3) is 1.93. The number of rotatable bonds is 4. The van der Waals surface area contributed by atoms with Crippen LogP contribution in [0.1, 0.15) is 23.8 Å². The third-order valence-corrected chi connectivity index (χ3v) is 3.68. The molecule has 1 saturated carbocycles. The molecule has 2 rings (SSSR count). The van der Waals surface area contributed by atoms with Gasteiger partial charge in [-0.25, -0.2) is 0 Å². The number of nitrogens with zero attached hydrogens (tertiary/aromatic N) is 1. The lowest BCUT2D eigenvalue weighted by atomic mass is 10.2. The van der Waals surface area contributed by atoms with Crippen LogP contribution < -0.4 is 5.73 Å². The minimum absolute atomic E-state index is 0.437. The van der Waals surface area contributed by atoms with E-state index < -0.39 is 0 Å². The molecule has 1 fully saturated rings. The highest BCUT2D eigenvalue weighted by Crippen LogP contribution is 2.33. The lowest BCUT2D eigenvalue weighted by molar-refractivity contribution is 0.243. The SMILES string of the molecule is CN(C1CC1)C(CN)c1cccs1. The fourth-order valence-corrected chi connectivity index (χ4v) is 2.59. The molecule has 1 heterocycles. The molecule has 2 N–H and O–H groups in total. The van der Waals surface area contributed by atoms with E-state index in [0.717, 1.165) is 12.6 Å². The van der Waals surface area contributed by atoms with Crippen molar-refractivity contribution < 1.29 is 0 Å². The number of nitrogens with two attached hydrogens (primary N) is 1. The van der Waals surface area contributed by atoms with E-state index in [1.807, 2.05) is 11.3 Å². The Labute approximate surface area is 83.4 Å². The summed E-state index contributed by atoms with van der Waals surface area (Å²) < 4.78 is 0. The highest BCUT2D eigenvalue weighted by atomic mass is 32.1. The largest absolute Gasteiger partial charge is 0.329 e. The highest BCUT2D eigenvalue weighted by molar-refractivity contribution is 7.10. The van der Waals surface area contributed by atoms with E-state index in [0.29, 0.717) is 6.04 Å². The van der Waals surface area contributed by atoms with Crippen molar-refractivity contribution in [2.45, 2.75) is 24.9 Å². The lowest BCUT2D eigenvalue weighted by Gasteiger charge is -2.25. The molecular weight excluding hydrogens is 180 g/mol. The van der Waals surface area contributed by atoms with Gasteiger partial charge in [-0.15, -0.1) is 11.3 Å². The molecule has 0 saturated heterocycles. The van der Waals surface area contributed by atoms with Crippen LogP contribution in [0.5, 0.6) is 0 Å². The maximum absolute atomic E-state index is 5.80. The minimum Gasteiger partial charge on any atom is -0.329 e. The Hall–Kier alpha value is -0.380. The Morgan fingerprint density at radius 1 is 1.69 bits per heavy atom. The predicted molar refractivity (Wildman–Crippen MR) is 56.9 cm³/mol. The first-order chi connectivity index (χ1) is 6.33. The van der Waals surface area contributed by atoms with Gasteiger partial charge < -0.3 is 5.73 Å². The third-order valence-electron chi connectivity index (χ3n) is 2.71. The average Bonchev–Trinajstić information content (AvgIpc) is 2.86. The second kappa shape index (κ2) is 3.78. The van der Waals surface area contributed by atoms with E-state index in [2.05, 4.69) is 29.5 Å². The first-order valence-electron chi connectivity index (χ1n) is 4.78. The van der Waals surface area contributed by atoms with Crippen LogP contribution in [-0.2, 0) is 0 Å². The first kappa shape index (κ1) is 9.19. The summed E-state index contributed by atoms with van der Waals surface area (Å²) in [6.07, 6.45) is 2.69. The zero-order valence-corrected chi connectivity index (χ0v) is 8.76. The molecular formula is C10H16N2S. The summed E-state index contributed by atoms with van der Waals surface area (Å²) in [6.45, 7) is 0.730. The van der Waals surface area contributed by atoms with E-state index in [-0.39, 0.29) is 0 Å². The molecule has 0 spiro atoms. The van der Waals surface area contributed by atoms with Crippen molar-refractivity contribution in [2.75, 3.05) is 13.6 Å². The first-order valence-corrected chi connectivity index (χ1v) is 5.66. The molecule has 0 aromatic carbocycles. The normalized spacial score (nSPS) is 19.3. The zero-order valence-electron chi connectivity index (χ0n) is 7.94. The highest BCUT2D eigenvalue weighted by Gasteiger charge is 2.31. The van der Waals surface area contributed by atoms with Gasteiger partial charge in [0.15, 0.2) is 0 Å². The van der Waals surface area contributed by atoms with Crippen molar-refractivity contribution in [3.05, 3.63) is 22.4 Å². The number of hydrogen-bond donors (Lipinski definition) is 1. The zero-order chi connectivity index (χ0) is 9.26. The van der Waals surface area contributed by atoms with Crippen LogP contribution in [0, 0.1) is 0 Å². The minimum atomic E-state index is 0.437. The summed E-state index contributed by atoms with van der Waals surface area (Å²) in [5.41, 5.74) is 5.80. The summed E-state index contributed by atoms with van der Waals surface area (Å²) >= 11 is 1.81. The molecule has 3 heteroatoms. The van der Waals surface area contributed by atoms with Crippen molar-refractivity contribution in [1.29, 1.82) is 0 Å². The standard InChI is InChI=1S/C10H16N2S/c1-12(8-4-5-8)9(7-11)10-3-2-6-13-10/h2-3,6,8-9H,4-5,7,11H2,1H3. The van der Waals surface area contributed by atoms with Gasteiger partial charge in [0, 0.05) is 17.5 Å². The molecule has 1 aliphatic carbocycles. The summed E-state index contributed by atoms with van der Waals surface area (Å²) in [5.74, 6) is 0. The van der Waals surface area contributed by atoms with Gasteiger partial charge >= 0.3 is 0 Å². The van der Waals surface area contributed by atoms with Crippen LogP contribution >= 0.6 is 11.3 Å². The van der Waals surface area contributed by atoms with Gasteiger partial charge in [0.2, 0.25) is 0 Å². The van der Waals surface area contributed by atoms with E-state index >= 15 is 0 Å². The Morgan fingerprint density at radius 2 is 2.46 bits per heavy atom. The molecule has 0 aliphatic heterocycles. The van der Waals surface area contributed by atoms with Gasteiger partial charge in [-0.1, -0.05) is 6.07 Å². The number of thiophene rings is 1. The molecule has 1 aromatic rings. The van der Waals surface area contributed by atoms with Gasteiger partial charge in [0.25, 0.3) is 0 Å². The number of likely N-dealkylation sites (N-methyl/N-ethyl adjacent to an activating group) is 1. The summed E-state index contributed by atoms with van der Waals surface area (Å²) in [4.78, 5) is 3.82. The Bertz CT molecular complexity index is 254. The van der Waals surface area contributed by atoms with Gasteiger partial charge in [-0.3, -0.25) is 4.90 Å². The van der Waals surface area contributed by atoms with Gasteiger partial charge in [-0.05, 0) is 31.3 Å². The van der Waals surface area contributed by atoms with Crippen LogP contribution in [-0.4, -0.2) is 24.5 Å². The molecule has 0 amide bonds. The Balaban J connectivity index is 2.08. The molecule has 1 aliphatic rings. The maximum Gasteiger partial charge on any atom is 0.0564 e. The van der Waals surface area contributed by atoms with Crippen LogP contribution in [0.3, 0.4) is 0 Å². The quantitative estimate of drug-likeness (QED) is 0.796. The van der Waals surface area contributed by atoms with Gasteiger partial charge in [-0.2, -0.15) is 0 Å². The molecule has 2 nitrogen and oxygen atoms in total. The second-order valence-electron chi connectivity index (χ2n) is 3.66. The molecule has 0 bridgehead atoms. The molecule has 13 heavy (non-hydrogen) atoms. The summed E-state index contributed by atoms with van der Waals surface area (Å²) in [6, 6.07) is 5.51. The van der Waals surface area contributed by atoms with E-state index in [4.69, 9.17) is 5.73 Å². The van der Waals surface area contributed by atoms with Crippen molar-refractivity contribution in [3.8, 4) is 0 Å². The second-order valence-corrected chi connectivity index (χ2v) is 4.64. The Kier molecular flexibility index (Phi) is 2.67. The van der Waals surface area contributed by atoms with Crippen LogP contribution in [0.15, 0.2) is 17.5 Å². The summed E-state index contributed by atoms with van der Waals surface area (Å²) in [5, 5.41) is 2.12. The van der Waals surface area contributed by atoms with E-state index in [1.165, 1.54) is 17.7 Å². The fourth-order valence-electron chi connectivity index (χ4n) is 1.70. The predicted octanol–water partition coefficient (Wildman–Crippen LogP) is 1.84. The summed E-state index contributed by atoms with van der Waals surface area (Å²) in [7, 11) is 2.19. The van der Waals surface area contributed by atoms with Crippen molar-refractivity contribution in [3.63, 3.8) is 0 Å². The van der Waals surface area contributed by atoms with E-state index in [9.17, 15) is 0 Å². The van der Waals surface area contributed by atoms with Crippen molar-refractivity contribution in [2.24, 2.45) is 5.73 Å². The van der Waals surface area contributed by atoms with Crippen molar-refractivity contribution >= 4 is 11.3 Å². The van der Waals surface area contributed by atoms with E-state index in [1.54, 1.807) is 0 Å².